The van der Waals surface area contributed by atoms with Crippen LogP contribution in [0.2, 0.25) is 0 Å². The predicted molar refractivity (Wildman–Crippen MR) is 82.4 cm³/mol. The molecule has 3 rings (SSSR count). The standard InChI is InChI=1S/C16H16N4O3/c1-2-22-15-8-7-14(23-15)16(21)18-9-12-5-3-4-6-13(12)20-11-17-10-19-20/h3-8,10-11H,2,9H2,1H3,(H,18,21). The van der Waals surface area contributed by atoms with Gasteiger partial charge in [0.2, 0.25) is 0 Å². The minimum atomic E-state index is -0.302. The summed E-state index contributed by atoms with van der Waals surface area (Å²) in [6, 6.07) is 10.9. The van der Waals surface area contributed by atoms with Gasteiger partial charge in [-0.05, 0) is 24.6 Å². The van der Waals surface area contributed by atoms with Crippen LogP contribution in [-0.2, 0) is 6.54 Å². The average molecular weight is 312 g/mol. The zero-order valence-electron chi connectivity index (χ0n) is 12.6. The Morgan fingerprint density at radius 1 is 1.30 bits per heavy atom. The van der Waals surface area contributed by atoms with Gasteiger partial charge in [0.25, 0.3) is 11.9 Å². The molecule has 1 aromatic carbocycles. The van der Waals surface area contributed by atoms with Gasteiger partial charge >= 0.3 is 0 Å². The molecule has 0 fully saturated rings. The molecule has 0 spiro atoms. The number of rotatable bonds is 6. The zero-order valence-corrected chi connectivity index (χ0v) is 12.6. The van der Waals surface area contributed by atoms with Crippen LogP contribution in [-0.4, -0.2) is 27.3 Å². The molecule has 0 unspecified atom stereocenters. The first-order valence-corrected chi connectivity index (χ1v) is 7.21. The van der Waals surface area contributed by atoms with Crippen LogP contribution < -0.4 is 10.1 Å². The van der Waals surface area contributed by atoms with Crippen molar-refractivity contribution in [3.05, 3.63) is 60.4 Å². The quantitative estimate of drug-likeness (QED) is 0.754. The number of nitrogens with zero attached hydrogens (tertiary/aromatic N) is 3. The normalized spacial score (nSPS) is 10.5. The Morgan fingerprint density at radius 3 is 2.96 bits per heavy atom. The summed E-state index contributed by atoms with van der Waals surface area (Å²) in [5.74, 6) is 0.247. The van der Waals surface area contributed by atoms with E-state index in [0.717, 1.165) is 11.3 Å². The lowest BCUT2D eigenvalue weighted by Gasteiger charge is -2.09. The van der Waals surface area contributed by atoms with Crippen LogP contribution in [0.25, 0.3) is 5.69 Å². The molecular formula is C16H16N4O3. The molecule has 0 aliphatic heterocycles. The summed E-state index contributed by atoms with van der Waals surface area (Å²) in [5.41, 5.74) is 1.78. The summed E-state index contributed by atoms with van der Waals surface area (Å²) < 4.78 is 12.2. The van der Waals surface area contributed by atoms with Crippen molar-refractivity contribution < 1.29 is 13.9 Å². The van der Waals surface area contributed by atoms with Crippen LogP contribution in [0.4, 0.5) is 0 Å². The van der Waals surface area contributed by atoms with Crippen molar-refractivity contribution in [3.8, 4) is 11.6 Å². The molecule has 7 nitrogen and oxygen atoms in total. The second-order valence-electron chi connectivity index (χ2n) is 4.70. The number of ether oxygens (including phenoxy) is 1. The van der Waals surface area contributed by atoms with E-state index in [9.17, 15) is 4.79 Å². The first-order chi connectivity index (χ1) is 11.3. The number of nitrogens with one attached hydrogen (secondary N) is 1. The Balaban J connectivity index is 1.69. The van der Waals surface area contributed by atoms with E-state index in [1.807, 2.05) is 31.2 Å². The highest BCUT2D eigenvalue weighted by atomic mass is 16.6. The lowest BCUT2D eigenvalue weighted by atomic mass is 10.2. The smallest absolute Gasteiger partial charge is 0.287 e. The number of carbonyl (C=O) groups excluding carboxylic acids is 1. The molecule has 2 heterocycles. The highest BCUT2D eigenvalue weighted by molar-refractivity contribution is 5.91. The van der Waals surface area contributed by atoms with Gasteiger partial charge in [-0.1, -0.05) is 18.2 Å². The van der Waals surface area contributed by atoms with Crippen molar-refractivity contribution >= 4 is 5.91 Å². The van der Waals surface area contributed by atoms with Gasteiger partial charge in [-0.2, -0.15) is 5.10 Å². The summed E-state index contributed by atoms with van der Waals surface area (Å²) in [6.45, 7) is 2.68. The number of hydrogen-bond acceptors (Lipinski definition) is 5. The Kier molecular flexibility index (Phi) is 4.37. The number of carbonyl (C=O) groups is 1. The number of para-hydroxylation sites is 1. The number of furan rings is 1. The van der Waals surface area contributed by atoms with Crippen LogP contribution in [0.5, 0.6) is 5.95 Å². The lowest BCUT2D eigenvalue weighted by molar-refractivity contribution is 0.0915. The number of amides is 1. The topological polar surface area (TPSA) is 82.2 Å². The molecule has 0 aliphatic carbocycles. The van der Waals surface area contributed by atoms with E-state index >= 15 is 0 Å². The van der Waals surface area contributed by atoms with Gasteiger partial charge < -0.3 is 14.5 Å². The summed E-state index contributed by atoms with van der Waals surface area (Å²) in [4.78, 5) is 16.1. The first kappa shape index (κ1) is 14.8. The largest absolute Gasteiger partial charge is 0.465 e. The van der Waals surface area contributed by atoms with Crippen molar-refractivity contribution in [1.29, 1.82) is 0 Å². The number of hydrogen-bond donors (Lipinski definition) is 1. The molecule has 0 saturated heterocycles. The van der Waals surface area contributed by atoms with Crippen LogP contribution >= 0.6 is 0 Å². The average Bonchev–Trinajstić information content (AvgIpc) is 3.25. The minimum Gasteiger partial charge on any atom is -0.465 e. The Labute approximate surface area is 132 Å². The molecule has 7 heteroatoms. The molecule has 23 heavy (non-hydrogen) atoms. The minimum absolute atomic E-state index is 0.215. The van der Waals surface area contributed by atoms with Crippen molar-refractivity contribution in [2.75, 3.05) is 6.61 Å². The SMILES string of the molecule is CCOc1ccc(C(=O)NCc2ccccc2-n2cncn2)o1. The van der Waals surface area contributed by atoms with Crippen molar-refractivity contribution in [3.63, 3.8) is 0 Å². The van der Waals surface area contributed by atoms with Crippen molar-refractivity contribution in [2.24, 2.45) is 0 Å². The summed E-state index contributed by atoms with van der Waals surface area (Å²) in [7, 11) is 0. The van der Waals surface area contributed by atoms with Gasteiger partial charge in [-0.15, -0.1) is 0 Å². The molecule has 1 N–H and O–H groups in total. The van der Waals surface area contributed by atoms with Crippen molar-refractivity contribution in [1.82, 2.24) is 20.1 Å². The molecule has 0 radical (unpaired) electrons. The molecule has 118 valence electrons. The fraction of sp³-hybridized carbons (Fsp3) is 0.188. The fourth-order valence-corrected chi connectivity index (χ4v) is 2.14. The molecule has 1 amide bonds. The maximum atomic E-state index is 12.1. The number of aromatic nitrogens is 3. The molecule has 0 atom stereocenters. The Bertz CT molecular complexity index is 780. The maximum Gasteiger partial charge on any atom is 0.287 e. The van der Waals surface area contributed by atoms with E-state index in [1.54, 1.807) is 23.1 Å². The molecular weight excluding hydrogens is 296 g/mol. The molecule has 0 saturated carbocycles. The first-order valence-electron chi connectivity index (χ1n) is 7.21. The predicted octanol–water partition coefficient (Wildman–Crippen LogP) is 2.19. The third kappa shape index (κ3) is 3.39. The summed E-state index contributed by atoms with van der Waals surface area (Å²) in [6.07, 6.45) is 3.08. The summed E-state index contributed by atoms with van der Waals surface area (Å²) in [5, 5.41) is 6.94. The van der Waals surface area contributed by atoms with Gasteiger partial charge in [-0.3, -0.25) is 4.79 Å². The molecule has 0 aliphatic rings. The highest BCUT2D eigenvalue weighted by Gasteiger charge is 2.12. The van der Waals surface area contributed by atoms with E-state index < -0.39 is 0 Å². The van der Waals surface area contributed by atoms with E-state index in [0.29, 0.717) is 19.1 Å². The van der Waals surface area contributed by atoms with Gasteiger partial charge in [0.05, 0.1) is 12.3 Å². The van der Waals surface area contributed by atoms with E-state index in [1.165, 1.54) is 6.33 Å². The highest BCUT2D eigenvalue weighted by Crippen LogP contribution is 2.16. The van der Waals surface area contributed by atoms with Crippen LogP contribution in [0.1, 0.15) is 23.0 Å². The van der Waals surface area contributed by atoms with E-state index in [2.05, 4.69) is 15.4 Å². The monoisotopic (exact) mass is 312 g/mol. The fourth-order valence-electron chi connectivity index (χ4n) is 2.14. The third-order valence-corrected chi connectivity index (χ3v) is 3.19. The molecule has 2 aromatic heterocycles. The Morgan fingerprint density at radius 2 is 2.17 bits per heavy atom. The number of benzene rings is 1. The third-order valence-electron chi connectivity index (χ3n) is 3.19. The van der Waals surface area contributed by atoms with E-state index in [-0.39, 0.29) is 11.7 Å². The van der Waals surface area contributed by atoms with Gasteiger partial charge in [0.1, 0.15) is 12.7 Å². The lowest BCUT2D eigenvalue weighted by Crippen LogP contribution is -2.23. The zero-order chi connectivity index (χ0) is 16.1. The second-order valence-corrected chi connectivity index (χ2v) is 4.70. The van der Waals surface area contributed by atoms with Crippen LogP contribution in [0.15, 0.2) is 53.5 Å². The molecule has 0 bridgehead atoms. The van der Waals surface area contributed by atoms with Gasteiger partial charge in [-0.25, -0.2) is 9.67 Å². The Hall–Kier alpha value is -3.09. The maximum absolute atomic E-state index is 12.1. The summed E-state index contributed by atoms with van der Waals surface area (Å²) >= 11 is 0. The van der Waals surface area contributed by atoms with Gasteiger partial charge in [0.15, 0.2) is 5.76 Å². The van der Waals surface area contributed by atoms with Crippen molar-refractivity contribution in [2.45, 2.75) is 13.5 Å². The van der Waals surface area contributed by atoms with Crippen LogP contribution in [0.3, 0.4) is 0 Å². The molecule has 3 aromatic rings. The van der Waals surface area contributed by atoms with Crippen LogP contribution in [0, 0.1) is 0 Å². The second kappa shape index (κ2) is 6.78. The van der Waals surface area contributed by atoms with Gasteiger partial charge in [0, 0.05) is 12.6 Å². The van der Waals surface area contributed by atoms with E-state index in [4.69, 9.17) is 9.15 Å².